The Bertz CT molecular complexity index is 1560. The van der Waals surface area contributed by atoms with Gasteiger partial charge in [-0.05, 0) is 48.4 Å². The van der Waals surface area contributed by atoms with Crippen molar-refractivity contribution < 1.29 is 19.0 Å². The molecule has 35 heavy (non-hydrogen) atoms. The number of nitrogens with two attached hydrogens (primary N) is 1. The normalized spacial score (nSPS) is 15.4. The summed E-state index contributed by atoms with van der Waals surface area (Å²) in [5, 5.41) is 10.2. The van der Waals surface area contributed by atoms with Crippen LogP contribution in [0.1, 0.15) is 24.0 Å². The van der Waals surface area contributed by atoms with Gasteiger partial charge in [0.25, 0.3) is 5.56 Å². The Kier molecular flexibility index (Phi) is 6.75. The van der Waals surface area contributed by atoms with Crippen molar-refractivity contribution in [2.45, 2.75) is 12.8 Å². The topological polar surface area (TPSA) is 117 Å². The molecule has 1 aromatic heterocycles. The number of hydrogen-bond donors (Lipinski definition) is 1. The molecule has 2 N–H and O–H groups in total. The van der Waals surface area contributed by atoms with Gasteiger partial charge in [-0.15, -0.1) is 11.3 Å². The molecular weight excluding hydrogens is 466 g/mol. The van der Waals surface area contributed by atoms with Crippen LogP contribution in [0, 0.1) is 11.3 Å². The van der Waals surface area contributed by atoms with Crippen molar-refractivity contribution in [1.29, 1.82) is 5.26 Å². The summed E-state index contributed by atoms with van der Waals surface area (Å²) < 4.78 is 17.8. The van der Waals surface area contributed by atoms with Crippen LogP contribution in [0.4, 0.5) is 0 Å². The Balaban J connectivity index is 2.05. The highest BCUT2D eigenvalue weighted by molar-refractivity contribution is 7.07. The third-order valence-electron chi connectivity index (χ3n) is 5.58. The fourth-order valence-corrected chi connectivity index (χ4v) is 5.13. The molecule has 3 aromatic rings. The van der Waals surface area contributed by atoms with E-state index in [0.717, 1.165) is 16.9 Å². The standard InChI is InChI=1S/C26H23N3O5S/c1-4-34-26(31)22-21(16-8-6-10-18(13-16)33-3)19(14-27)25-29(23(22)28)24(30)20(35-25)12-15-7-5-9-17(11-15)32-2/h5-13,21H,4,28H2,1-3H3. The number of carbonyl (C=O) groups excluding carboxylic acids is 1. The Hall–Kier alpha value is -4.29. The van der Waals surface area contributed by atoms with Gasteiger partial charge in [0, 0.05) is 0 Å². The molecule has 1 atom stereocenters. The van der Waals surface area contributed by atoms with E-state index in [-0.39, 0.29) is 23.6 Å². The molecule has 0 saturated heterocycles. The van der Waals surface area contributed by atoms with E-state index >= 15 is 0 Å². The number of ether oxygens (including phenoxy) is 3. The van der Waals surface area contributed by atoms with Gasteiger partial charge in [-0.2, -0.15) is 5.26 Å². The first kappa shape index (κ1) is 23.9. The molecule has 0 fully saturated rings. The molecule has 0 radical (unpaired) electrons. The fraction of sp³-hybridized carbons (Fsp3) is 0.192. The van der Waals surface area contributed by atoms with Gasteiger partial charge in [-0.25, -0.2) is 4.79 Å². The van der Waals surface area contributed by atoms with Crippen LogP contribution >= 0.6 is 11.3 Å². The fourth-order valence-electron chi connectivity index (χ4n) is 4.00. The van der Waals surface area contributed by atoms with Gasteiger partial charge >= 0.3 is 5.97 Å². The van der Waals surface area contributed by atoms with E-state index in [2.05, 4.69) is 6.07 Å². The van der Waals surface area contributed by atoms with E-state index in [1.54, 1.807) is 56.5 Å². The van der Waals surface area contributed by atoms with Gasteiger partial charge in [-0.1, -0.05) is 24.3 Å². The zero-order chi connectivity index (χ0) is 25.1. The van der Waals surface area contributed by atoms with Crippen LogP contribution in [0.2, 0.25) is 0 Å². The number of thiazole rings is 1. The Morgan fingerprint density at radius 2 is 1.86 bits per heavy atom. The van der Waals surface area contributed by atoms with E-state index in [9.17, 15) is 14.9 Å². The van der Waals surface area contributed by atoms with Gasteiger partial charge in [0.1, 0.15) is 22.0 Å². The first-order chi connectivity index (χ1) is 16.9. The third-order valence-corrected chi connectivity index (χ3v) is 6.69. The highest BCUT2D eigenvalue weighted by atomic mass is 32.1. The van der Waals surface area contributed by atoms with Crippen LogP contribution in [0.5, 0.6) is 11.5 Å². The van der Waals surface area contributed by atoms with Crippen LogP contribution in [-0.2, 0) is 9.53 Å². The number of carbonyl (C=O) groups is 1. The molecule has 4 rings (SSSR count). The molecule has 2 aromatic carbocycles. The van der Waals surface area contributed by atoms with E-state index < -0.39 is 17.4 Å². The molecule has 2 heterocycles. The molecule has 1 unspecified atom stereocenters. The molecule has 0 bridgehead atoms. The number of rotatable bonds is 6. The Labute approximate surface area is 205 Å². The predicted octanol–water partition coefficient (Wildman–Crippen LogP) is 1.92. The molecule has 1 aliphatic rings. The van der Waals surface area contributed by atoms with E-state index in [0.29, 0.717) is 26.3 Å². The number of nitriles is 1. The van der Waals surface area contributed by atoms with E-state index in [1.807, 2.05) is 12.1 Å². The predicted molar refractivity (Wildman–Crippen MR) is 133 cm³/mol. The Morgan fingerprint density at radius 1 is 1.17 bits per heavy atom. The molecule has 9 heteroatoms. The number of aromatic nitrogens is 1. The summed E-state index contributed by atoms with van der Waals surface area (Å²) in [4.78, 5) is 26.5. The maximum Gasteiger partial charge on any atom is 0.338 e. The minimum Gasteiger partial charge on any atom is -0.497 e. The number of methoxy groups -OCH3 is 2. The first-order valence-corrected chi connectivity index (χ1v) is 11.6. The lowest BCUT2D eigenvalue weighted by Gasteiger charge is -2.25. The second kappa shape index (κ2) is 9.91. The van der Waals surface area contributed by atoms with Gasteiger partial charge in [0.15, 0.2) is 0 Å². The SMILES string of the molecule is CCOC(=O)C1=C(N)n2c(sc(=Cc3cccc(OC)c3)c2=O)=C(C#N)C1c1cccc(OC)c1. The third kappa shape index (κ3) is 4.32. The van der Waals surface area contributed by atoms with Crippen molar-refractivity contribution in [3.8, 4) is 17.6 Å². The van der Waals surface area contributed by atoms with Crippen molar-refractivity contribution >= 4 is 34.8 Å². The van der Waals surface area contributed by atoms with Crippen molar-refractivity contribution in [2.75, 3.05) is 20.8 Å². The van der Waals surface area contributed by atoms with Crippen LogP contribution in [-0.4, -0.2) is 31.4 Å². The lowest BCUT2D eigenvalue weighted by atomic mass is 9.83. The van der Waals surface area contributed by atoms with Crippen LogP contribution in [0.15, 0.2) is 58.9 Å². The summed E-state index contributed by atoms with van der Waals surface area (Å²) in [6.45, 7) is 1.79. The second-order valence-corrected chi connectivity index (χ2v) is 8.62. The molecule has 8 nitrogen and oxygen atoms in total. The zero-order valence-corrected chi connectivity index (χ0v) is 20.2. The average Bonchev–Trinajstić information content (AvgIpc) is 3.19. The van der Waals surface area contributed by atoms with Gasteiger partial charge in [0.05, 0.1) is 48.5 Å². The summed E-state index contributed by atoms with van der Waals surface area (Å²) in [6.07, 6.45) is 1.70. The van der Waals surface area contributed by atoms with E-state index in [4.69, 9.17) is 19.9 Å². The van der Waals surface area contributed by atoms with Crippen molar-refractivity contribution in [1.82, 2.24) is 4.57 Å². The lowest BCUT2D eigenvalue weighted by Crippen LogP contribution is -2.40. The minimum atomic E-state index is -0.822. The number of benzene rings is 2. The summed E-state index contributed by atoms with van der Waals surface area (Å²) >= 11 is 1.14. The van der Waals surface area contributed by atoms with Crippen LogP contribution in [0.3, 0.4) is 0 Å². The summed E-state index contributed by atoms with van der Waals surface area (Å²) in [5.74, 6) is -0.365. The molecule has 0 saturated carbocycles. The molecule has 1 aliphatic heterocycles. The summed E-state index contributed by atoms with van der Waals surface area (Å²) in [7, 11) is 3.09. The summed E-state index contributed by atoms with van der Waals surface area (Å²) in [6, 6.07) is 16.5. The van der Waals surface area contributed by atoms with Gasteiger partial charge in [-0.3, -0.25) is 9.36 Å². The number of fused-ring (bicyclic) bond motifs is 1. The number of nitrogens with zero attached hydrogens (tertiary/aromatic N) is 2. The maximum atomic E-state index is 13.4. The molecule has 0 amide bonds. The van der Waals surface area contributed by atoms with Gasteiger partial charge < -0.3 is 19.9 Å². The first-order valence-electron chi connectivity index (χ1n) is 10.8. The van der Waals surface area contributed by atoms with Crippen LogP contribution in [0.25, 0.3) is 17.5 Å². The maximum absolute atomic E-state index is 13.4. The second-order valence-electron chi connectivity index (χ2n) is 7.59. The average molecular weight is 490 g/mol. The van der Waals surface area contributed by atoms with Gasteiger partial charge in [0.2, 0.25) is 0 Å². The largest absolute Gasteiger partial charge is 0.497 e. The molecule has 0 spiro atoms. The number of hydrogen-bond acceptors (Lipinski definition) is 8. The van der Waals surface area contributed by atoms with Crippen molar-refractivity contribution in [3.63, 3.8) is 0 Å². The van der Waals surface area contributed by atoms with Crippen molar-refractivity contribution in [3.05, 3.63) is 84.8 Å². The zero-order valence-electron chi connectivity index (χ0n) is 19.4. The monoisotopic (exact) mass is 489 g/mol. The molecule has 0 aliphatic carbocycles. The van der Waals surface area contributed by atoms with Crippen LogP contribution < -0.4 is 30.0 Å². The smallest absolute Gasteiger partial charge is 0.338 e. The highest BCUT2D eigenvalue weighted by Crippen LogP contribution is 2.37. The van der Waals surface area contributed by atoms with E-state index in [1.165, 1.54) is 11.7 Å². The summed E-state index contributed by atoms with van der Waals surface area (Å²) in [5.41, 5.74) is 7.66. The number of esters is 1. The molecular formula is C26H23N3O5S. The highest BCUT2D eigenvalue weighted by Gasteiger charge is 2.36. The molecule has 178 valence electrons. The lowest BCUT2D eigenvalue weighted by molar-refractivity contribution is -0.138. The quantitative estimate of drug-likeness (QED) is 0.526. The Morgan fingerprint density at radius 3 is 2.51 bits per heavy atom. The van der Waals surface area contributed by atoms with Crippen molar-refractivity contribution in [2.24, 2.45) is 5.73 Å². The minimum absolute atomic E-state index is 0.0389.